The largest absolute Gasteiger partial charge is 0.391 e. The maximum Gasteiger partial charge on any atom is 0.261 e. The van der Waals surface area contributed by atoms with Gasteiger partial charge in [-0.05, 0) is 37.5 Å². The third kappa shape index (κ3) is 1.87. The molecule has 0 bridgehead atoms. The normalized spacial score (nSPS) is 23.7. The van der Waals surface area contributed by atoms with Crippen LogP contribution in [-0.2, 0) is 0 Å². The molecule has 1 aromatic heterocycles. The fourth-order valence-corrected chi connectivity index (χ4v) is 2.95. The summed E-state index contributed by atoms with van der Waals surface area (Å²) in [5.74, 6) is 0. The predicted octanol–water partition coefficient (Wildman–Crippen LogP) is 2.24. The van der Waals surface area contributed by atoms with Crippen LogP contribution >= 0.6 is 15.9 Å². The van der Waals surface area contributed by atoms with Gasteiger partial charge < -0.3 is 5.11 Å². The number of hydrogen-bond donors (Lipinski definition) is 1. The Morgan fingerprint density at radius 1 is 1.39 bits per heavy atom. The van der Waals surface area contributed by atoms with E-state index in [1.807, 2.05) is 12.1 Å². The van der Waals surface area contributed by atoms with Gasteiger partial charge in [-0.25, -0.2) is 4.98 Å². The van der Waals surface area contributed by atoms with Gasteiger partial charge >= 0.3 is 0 Å². The highest BCUT2D eigenvalue weighted by atomic mass is 79.9. The van der Waals surface area contributed by atoms with Crippen LogP contribution in [0.3, 0.4) is 0 Å². The van der Waals surface area contributed by atoms with E-state index in [0.717, 1.165) is 23.7 Å². The van der Waals surface area contributed by atoms with Crippen molar-refractivity contribution in [3.63, 3.8) is 0 Å². The number of hydrogen-bond acceptors (Lipinski definition) is 3. The molecule has 4 nitrogen and oxygen atoms in total. The molecule has 1 aliphatic rings. The minimum absolute atomic E-state index is 0.0766. The van der Waals surface area contributed by atoms with Crippen LogP contribution in [0.2, 0.25) is 0 Å². The van der Waals surface area contributed by atoms with Gasteiger partial charge in [-0.15, -0.1) is 0 Å². The highest BCUT2D eigenvalue weighted by molar-refractivity contribution is 9.10. The number of halogens is 1. The smallest absolute Gasteiger partial charge is 0.261 e. The highest BCUT2D eigenvalue weighted by Crippen LogP contribution is 2.29. The molecule has 0 amide bonds. The first kappa shape index (κ1) is 11.9. The standard InChI is InChI=1S/C13H13BrN2O2/c14-8-4-5-10-9(6-8)13(18)16(7-15-10)11-2-1-3-12(11)17/h4-7,11-12,17H,1-3H2/t11-,12-/m0/s1. The van der Waals surface area contributed by atoms with Gasteiger partial charge in [0, 0.05) is 4.47 Å². The molecule has 1 aliphatic carbocycles. The molecule has 18 heavy (non-hydrogen) atoms. The molecule has 0 saturated heterocycles. The number of rotatable bonds is 1. The quantitative estimate of drug-likeness (QED) is 0.879. The molecule has 0 unspecified atom stereocenters. The summed E-state index contributed by atoms with van der Waals surface area (Å²) >= 11 is 3.36. The fourth-order valence-electron chi connectivity index (χ4n) is 2.59. The monoisotopic (exact) mass is 308 g/mol. The number of aliphatic hydroxyl groups excluding tert-OH is 1. The van der Waals surface area contributed by atoms with Gasteiger partial charge in [0.05, 0.1) is 29.4 Å². The second-order valence-electron chi connectivity index (χ2n) is 4.68. The predicted molar refractivity (Wildman–Crippen MR) is 72.6 cm³/mol. The van der Waals surface area contributed by atoms with Crippen molar-refractivity contribution >= 4 is 26.8 Å². The van der Waals surface area contributed by atoms with Crippen molar-refractivity contribution in [3.05, 3.63) is 39.4 Å². The lowest BCUT2D eigenvalue weighted by Crippen LogP contribution is -2.29. The molecule has 3 rings (SSSR count). The van der Waals surface area contributed by atoms with E-state index in [1.54, 1.807) is 17.0 Å². The Kier molecular flexibility index (Phi) is 2.95. The molecular weight excluding hydrogens is 296 g/mol. The third-order valence-electron chi connectivity index (χ3n) is 3.55. The summed E-state index contributed by atoms with van der Waals surface area (Å²) in [6.45, 7) is 0. The van der Waals surface area contributed by atoms with Crippen molar-refractivity contribution < 1.29 is 5.11 Å². The second kappa shape index (κ2) is 4.48. The minimum atomic E-state index is -0.436. The van der Waals surface area contributed by atoms with Crippen LogP contribution in [0, 0.1) is 0 Å². The average molecular weight is 309 g/mol. The topological polar surface area (TPSA) is 55.1 Å². The van der Waals surface area contributed by atoms with Gasteiger partial charge in [0.15, 0.2) is 0 Å². The van der Waals surface area contributed by atoms with Crippen LogP contribution in [0.15, 0.2) is 33.8 Å². The zero-order valence-corrected chi connectivity index (χ0v) is 11.3. The van der Waals surface area contributed by atoms with Gasteiger partial charge in [-0.2, -0.15) is 0 Å². The first-order valence-electron chi connectivity index (χ1n) is 6.01. The van der Waals surface area contributed by atoms with Crippen molar-refractivity contribution in [1.29, 1.82) is 0 Å². The summed E-state index contributed by atoms with van der Waals surface area (Å²) in [5, 5.41) is 10.5. The van der Waals surface area contributed by atoms with Crippen molar-refractivity contribution in [2.75, 3.05) is 0 Å². The molecule has 94 valence electrons. The van der Waals surface area contributed by atoms with Gasteiger partial charge in [0.1, 0.15) is 0 Å². The second-order valence-corrected chi connectivity index (χ2v) is 5.60. The van der Waals surface area contributed by atoms with E-state index in [1.165, 1.54) is 0 Å². The minimum Gasteiger partial charge on any atom is -0.391 e. The highest BCUT2D eigenvalue weighted by Gasteiger charge is 2.27. The van der Waals surface area contributed by atoms with Crippen molar-refractivity contribution in [3.8, 4) is 0 Å². The van der Waals surface area contributed by atoms with Crippen LogP contribution in [-0.4, -0.2) is 20.8 Å². The van der Waals surface area contributed by atoms with E-state index in [2.05, 4.69) is 20.9 Å². The molecule has 1 N–H and O–H groups in total. The van der Waals surface area contributed by atoms with Gasteiger partial charge in [-0.3, -0.25) is 9.36 Å². The Morgan fingerprint density at radius 3 is 2.94 bits per heavy atom. The Morgan fingerprint density at radius 2 is 2.22 bits per heavy atom. The van der Waals surface area contributed by atoms with Gasteiger partial charge in [-0.1, -0.05) is 15.9 Å². The summed E-state index contributed by atoms with van der Waals surface area (Å²) in [7, 11) is 0. The molecule has 0 aliphatic heterocycles. The first-order chi connectivity index (χ1) is 8.66. The lowest BCUT2D eigenvalue weighted by atomic mass is 10.2. The Hall–Kier alpha value is -1.20. The van der Waals surface area contributed by atoms with E-state index in [9.17, 15) is 9.90 Å². The molecular formula is C13H13BrN2O2. The maximum atomic E-state index is 12.4. The van der Waals surface area contributed by atoms with E-state index in [-0.39, 0.29) is 11.6 Å². The Labute approximate surface area is 112 Å². The summed E-state index contributed by atoms with van der Waals surface area (Å²) in [6.07, 6.45) is 3.66. The summed E-state index contributed by atoms with van der Waals surface area (Å²) < 4.78 is 2.44. The van der Waals surface area contributed by atoms with Crippen molar-refractivity contribution in [2.24, 2.45) is 0 Å². The number of nitrogens with zero attached hydrogens (tertiary/aromatic N) is 2. The number of fused-ring (bicyclic) bond motifs is 1. The third-order valence-corrected chi connectivity index (χ3v) is 4.04. The van der Waals surface area contributed by atoms with Crippen LogP contribution in [0.25, 0.3) is 10.9 Å². The molecule has 0 spiro atoms. The zero-order valence-electron chi connectivity index (χ0n) is 9.71. The van der Waals surface area contributed by atoms with Crippen molar-refractivity contribution in [2.45, 2.75) is 31.4 Å². The molecule has 1 heterocycles. The molecule has 5 heteroatoms. The van der Waals surface area contributed by atoms with Gasteiger partial charge in [0.2, 0.25) is 0 Å². The Bertz CT molecular complexity index is 653. The van der Waals surface area contributed by atoms with Gasteiger partial charge in [0.25, 0.3) is 5.56 Å². The van der Waals surface area contributed by atoms with Crippen molar-refractivity contribution in [1.82, 2.24) is 9.55 Å². The number of benzene rings is 1. The molecule has 1 aromatic carbocycles. The van der Waals surface area contributed by atoms with E-state index >= 15 is 0 Å². The van der Waals surface area contributed by atoms with Crippen LogP contribution in [0.5, 0.6) is 0 Å². The molecule has 0 radical (unpaired) electrons. The van der Waals surface area contributed by atoms with E-state index < -0.39 is 6.10 Å². The number of aromatic nitrogens is 2. The fraction of sp³-hybridized carbons (Fsp3) is 0.385. The lowest BCUT2D eigenvalue weighted by Gasteiger charge is -2.17. The summed E-state index contributed by atoms with van der Waals surface area (Å²) in [6, 6.07) is 5.33. The van der Waals surface area contributed by atoms with Crippen LogP contribution < -0.4 is 5.56 Å². The molecule has 1 saturated carbocycles. The molecule has 2 aromatic rings. The molecule has 1 fully saturated rings. The van der Waals surface area contributed by atoms with Crippen LogP contribution in [0.4, 0.5) is 0 Å². The van der Waals surface area contributed by atoms with Crippen LogP contribution in [0.1, 0.15) is 25.3 Å². The maximum absolute atomic E-state index is 12.4. The lowest BCUT2D eigenvalue weighted by molar-refractivity contribution is 0.134. The summed E-state index contributed by atoms with van der Waals surface area (Å²) in [5.41, 5.74) is 0.610. The Balaban J connectivity index is 2.19. The van der Waals surface area contributed by atoms with E-state index in [4.69, 9.17) is 0 Å². The molecule has 2 atom stereocenters. The number of aliphatic hydroxyl groups is 1. The SMILES string of the molecule is O=c1c2cc(Br)ccc2ncn1[C@H]1CCC[C@@H]1O. The first-order valence-corrected chi connectivity index (χ1v) is 6.80. The average Bonchev–Trinajstić information content (AvgIpc) is 2.77. The summed E-state index contributed by atoms with van der Waals surface area (Å²) in [4.78, 5) is 16.7. The van der Waals surface area contributed by atoms with E-state index in [0.29, 0.717) is 10.9 Å². The zero-order chi connectivity index (χ0) is 12.7.